The van der Waals surface area contributed by atoms with Crippen molar-refractivity contribution >= 4 is 16.9 Å². The highest BCUT2D eigenvalue weighted by molar-refractivity contribution is 6.04. The number of rotatable bonds is 4. The number of benzene rings is 1. The zero-order chi connectivity index (χ0) is 15.2. The average molecular weight is 286 g/mol. The Labute approximate surface area is 124 Å². The lowest BCUT2D eigenvalue weighted by Crippen LogP contribution is -2.48. The largest absolute Gasteiger partial charge is 0.366 e. The number of carbonyl (C=O) groups is 1. The molecule has 1 heterocycles. The van der Waals surface area contributed by atoms with E-state index >= 15 is 0 Å². The lowest BCUT2D eigenvalue weighted by Gasteiger charge is -2.44. The van der Waals surface area contributed by atoms with E-state index in [2.05, 4.69) is 35.8 Å². The summed E-state index contributed by atoms with van der Waals surface area (Å²) in [5, 5.41) is 0. The molecule has 0 spiro atoms. The van der Waals surface area contributed by atoms with Gasteiger partial charge in [-0.15, -0.1) is 0 Å². The summed E-state index contributed by atoms with van der Waals surface area (Å²) in [6, 6.07) is 6.09. The van der Waals surface area contributed by atoms with E-state index in [0.717, 1.165) is 11.3 Å². The topological polar surface area (TPSA) is 75.0 Å². The summed E-state index contributed by atoms with van der Waals surface area (Å²) >= 11 is 0. The number of para-hydroxylation sites is 1. The first-order valence-electron chi connectivity index (χ1n) is 7.43. The van der Waals surface area contributed by atoms with Gasteiger partial charge in [0.25, 0.3) is 5.91 Å². The second-order valence-electron chi connectivity index (χ2n) is 6.41. The Bertz CT molecular complexity index is 685. The Morgan fingerprint density at radius 3 is 2.71 bits per heavy atom. The molecular formula is C16H22N4O. The number of aromatic nitrogens is 2. The molecule has 2 aromatic rings. The molecule has 1 amide bonds. The fourth-order valence-corrected chi connectivity index (χ4v) is 2.92. The predicted octanol–water partition coefficient (Wildman–Crippen LogP) is 2.38. The summed E-state index contributed by atoms with van der Waals surface area (Å²) in [7, 11) is 2.14. The van der Waals surface area contributed by atoms with E-state index in [4.69, 9.17) is 5.73 Å². The van der Waals surface area contributed by atoms with Crippen LogP contribution in [0.3, 0.4) is 0 Å². The first-order chi connectivity index (χ1) is 9.91. The molecule has 1 aliphatic carbocycles. The molecule has 0 atom stereocenters. The summed E-state index contributed by atoms with van der Waals surface area (Å²) in [6.45, 7) is 4.32. The number of aromatic amines is 1. The van der Waals surface area contributed by atoms with E-state index in [1.807, 2.05) is 12.1 Å². The zero-order valence-electron chi connectivity index (χ0n) is 12.8. The number of primary amides is 1. The molecule has 21 heavy (non-hydrogen) atoms. The van der Waals surface area contributed by atoms with Gasteiger partial charge in [-0.3, -0.25) is 9.69 Å². The standard InChI is InChI=1S/C16H22N4O/c1-16(2,20(3)10-6-4-7-10)15-18-12-9-5-8-11(14(17)21)13(12)19-15/h5,8-10H,4,6-7H2,1-3H3,(H2,17,21)(H,18,19). The molecule has 3 rings (SSSR count). The Morgan fingerprint density at radius 2 is 2.14 bits per heavy atom. The monoisotopic (exact) mass is 286 g/mol. The number of nitrogens with zero attached hydrogens (tertiary/aromatic N) is 2. The molecule has 1 aromatic carbocycles. The highest BCUT2D eigenvalue weighted by Gasteiger charge is 2.36. The fraction of sp³-hybridized carbons (Fsp3) is 0.500. The molecule has 0 aliphatic heterocycles. The number of hydrogen-bond donors (Lipinski definition) is 2. The van der Waals surface area contributed by atoms with Crippen molar-refractivity contribution in [3.05, 3.63) is 29.6 Å². The fourth-order valence-electron chi connectivity index (χ4n) is 2.92. The molecule has 112 valence electrons. The molecule has 0 bridgehead atoms. The van der Waals surface area contributed by atoms with Gasteiger partial charge in [0.15, 0.2) is 0 Å². The molecule has 5 heteroatoms. The van der Waals surface area contributed by atoms with Gasteiger partial charge in [0.1, 0.15) is 11.3 Å². The zero-order valence-corrected chi connectivity index (χ0v) is 12.8. The molecule has 0 radical (unpaired) electrons. The predicted molar refractivity (Wildman–Crippen MR) is 83.0 cm³/mol. The lowest BCUT2D eigenvalue weighted by molar-refractivity contribution is 0.0496. The highest BCUT2D eigenvalue weighted by atomic mass is 16.1. The molecule has 1 aromatic heterocycles. The number of imidazole rings is 1. The van der Waals surface area contributed by atoms with Crippen LogP contribution in [0.5, 0.6) is 0 Å². The second-order valence-corrected chi connectivity index (χ2v) is 6.41. The minimum Gasteiger partial charge on any atom is -0.366 e. The van der Waals surface area contributed by atoms with Crippen molar-refractivity contribution in [3.63, 3.8) is 0 Å². The minimum atomic E-state index is -0.441. The lowest BCUT2D eigenvalue weighted by atomic mass is 9.87. The van der Waals surface area contributed by atoms with Gasteiger partial charge in [-0.05, 0) is 45.9 Å². The number of carbonyl (C=O) groups excluding carboxylic acids is 1. The van der Waals surface area contributed by atoms with Gasteiger partial charge in [-0.1, -0.05) is 12.5 Å². The van der Waals surface area contributed by atoms with Crippen molar-refractivity contribution < 1.29 is 4.79 Å². The van der Waals surface area contributed by atoms with Gasteiger partial charge in [0, 0.05) is 6.04 Å². The maximum Gasteiger partial charge on any atom is 0.250 e. The molecule has 5 nitrogen and oxygen atoms in total. The van der Waals surface area contributed by atoms with Gasteiger partial charge in [0.05, 0.1) is 16.6 Å². The number of hydrogen-bond acceptors (Lipinski definition) is 3. The van der Waals surface area contributed by atoms with Crippen molar-refractivity contribution in [2.24, 2.45) is 5.73 Å². The normalized spacial score (nSPS) is 16.4. The van der Waals surface area contributed by atoms with Crippen LogP contribution in [0.1, 0.15) is 49.3 Å². The van der Waals surface area contributed by atoms with Gasteiger partial charge in [-0.25, -0.2) is 4.98 Å². The molecule has 1 fully saturated rings. The summed E-state index contributed by atoms with van der Waals surface area (Å²) in [5.41, 5.74) is 7.21. The van der Waals surface area contributed by atoms with Crippen LogP contribution in [-0.2, 0) is 5.54 Å². The van der Waals surface area contributed by atoms with Crippen LogP contribution in [0.15, 0.2) is 18.2 Å². The number of nitrogens with two attached hydrogens (primary N) is 1. The molecule has 3 N–H and O–H groups in total. The first kappa shape index (κ1) is 14.1. The van der Waals surface area contributed by atoms with E-state index in [0.29, 0.717) is 17.1 Å². The Morgan fingerprint density at radius 1 is 1.43 bits per heavy atom. The quantitative estimate of drug-likeness (QED) is 0.906. The summed E-state index contributed by atoms with van der Waals surface area (Å²) in [5.74, 6) is 0.435. The SMILES string of the molecule is CN(C1CCC1)C(C)(C)c1nc2c(C(N)=O)cccc2[nH]1. The van der Waals surface area contributed by atoms with Crippen LogP contribution < -0.4 is 5.73 Å². The molecule has 0 saturated heterocycles. The molecular weight excluding hydrogens is 264 g/mol. The maximum absolute atomic E-state index is 11.5. The Balaban J connectivity index is 2.04. The maximum atomic E-state index is 11.5. The molecule has 1 saturated carbocycles. The smallest absolute Gasteiger partial charge is 0.250 e. The third-order valence-corrected chi connectivity index (χ3v) is 4.86. The van der Waals surface area contributed by atoms with Crippen LogP contribution >= 0.6 is 0 Å². The van der Waals surface area contributed by atoms with Gasteiger partial charge >= 0.3 is 0 Å². The van der Waals surface area contributed by atoms with E-state index in [1.165, 1.54) is 19.3 Å². The van der Waals surface area contributed by atoms with Gasteiger partial charge < -0.3 is 10.7 Å². The van der Waals surface area contributed by atoms with Crippen LogP contribution in [0, 0.1) is 0 Å². The van der Waals surface area contributed by atoms with Crippen molar-refractivity contribution in [2.45, 2.75) is 44.7 Å². The Kier molecular flexibility index (Phi) is 3.24. The molecule has 0 unspecified atom stereocenters. The minimum absolute atomic E-state index is 0.209. The summed E-state index contributed by atoms with van der Waals surface area (Å²) in [6.07, 6.45) is 3.79. The third-order valence-electron chi connectivity index (χ3n) is 4.86. The molecule has 1 aliphatic rings. The summed E-state index contributed by atoms with van der Waals surface area (Å²) < 4.78 is 0. The van der Waals surface area contributed by atoms with Crippen molar-refractivity contribution in [1.82, 2.24) is 14.9 Å². The van der Waals surface area contributed by atoms with Crippen molar-refractivity contribution in [1.29, 1.82) is 0 Å². The highest BCUT2D eigenvalue weighted by Crippen LogP contribution is 2.34. The number of amides is 1. The average Bonchev–Trinajstić information content (AvgIpc) is 2.80. The second kappa shape index (κ2) is 4.84. The number of fused-ring (bicyclic) bond motifs is 1. The van der Waals surface area contributed by atoms with Crippen LogP contribution in [0.2, 0.25) is 0 Å². The number of H-pyrrole nitrogens is 1. The first-order valence-corrected chi connectivity index (χ1v) is 7.43. The number of nitrogens with one attached hydrogen (secondary N) is 1. The van der Waals surface area contributed by atoms with Crippen LogP contribution in [0.25, 0.3) is 11.0 Å². The van der Waals surface area contributed by atoms with Gasteiger partial charge in [-0.2, -0.15) is 0 Å². The van der Waals surface area contributed by atoms with E-state index in [1.54, 1.807) is 6.07 Å². The van der Waals surface area contributed by atoms with E-state index < -0.39 is 5.91 Å². The van der Waals surface area contributed by atoms with Crippen LogP contribution in [-0.4, -0.2) is 33.9 Å². The van der Waals surface area contributed by atoms with E-state index in [9.17, 15) is 4.79 Å². The van der Waals surface area contributed by atoms with E-state index in [-0.39, 0.29) is 5.54 Å². The Hall–Kier alpha value is -1.88. The van der Waals surface area contributed by atoms with Gasteiger partial charge in [0.2, 0.25) is 0 Å². The van der Waals surface area contributed by atoms with Crippen molar-refractivity contribution in [3.8, 4) is 0 Å². The van der Waals surface area contributed by atoms with Crippen molar-refractivity contribution in [2.75, 3.05) is 7.05 Å². The van der Waals surface area contributed by atoms with Crippen LogP contribution in [0.4, 0.5) is 0 Å². The summed E-state index contributed by atoms with van der Waals surface area (Å²) in [4.78, 5) is 21.9. The third kappa shape index (κ3) is 2.21.